The zero-order valence-corrected chi connectivity index (χ0v) is 12.8. The summed E-state index contributed by atoms with van der Waals surface area (Å²) in [5.74, 6) is 0.561. The second kappa shape index (κ2) is 6.33. The Morgan fingerprint density at radius 1 is 0.952 bits per heavy atom. The van der Waals surface area contributed by atoms with E-state index >= 15 is 0 Å². The fourth-order valence-electron chi connectivity index (χ4n) is 2.24. The van der Waals surface area contributed by atoms with Crippen LogP contribution in [0.25, 0.3) is 16.9 Å². The highest BCUT2D eigenvalue weighted by Crippen LogP contribution is 2.25. The van der Waals surface area contributed by atoms with Gasteiger partial charge < -0.3 is 0 Å². The van der Waals surface area contributed by atoms with E-state index in [-0.39, 0.29) is 0 Å². The quantitative estimate of drug-likeness (QED) is 0.621. The number of benzene rings is 2. The Kier molecular flexibility index (Phi) is 4.28. The first-order chi connectivity index (χ1) is 10.3. The molecule has 4 heteroatoms. The molecule has 21 heavy (non-hydrogen) atoms. The molecule has 0 N–H and O–H groups in total. The molecule has 3 aromatic rings. The Morgan fingerprint density at radius 3 is 2.33 bits per heavy atom. The van der Waals surface area contributed by atoms with E-state index in [4.69, 9.17) is 23.2 Å². The molecule has 0 atom stereocenters. The maximum Gasteiger partial charge on any atom is 0.0743 e. The molecule has 2 nitrogen and oxygen atoms in total. The minimum Gasteiger partial charge on any atom is -0.233 e. The summed E-state index contributed by atoms with van der Waals surface area (Å²) >= 11 is 11.8. The number of aromatic nitrogens is 2. The zero-order chi connectivity index (χ0) is 14.7. The van der Waals surface area contributed by atoms with Crippen LogP contribution in [0.2, 0.25) is 5.02 Å². The van der Waals surface area contributed by atoms with Gasteiger partial charge in [-0.25, -0.2) is 4.68 Å². The average Bonchev–Trinajstić information content (AvgIpc) is 2.93. The molecule has 1 aromatic heterocycles. The van der Waals surface area contributed by atoms with Crippen LogP contribution in [-0.2, 0) is 6.42 Å². The molecular formula is C17H14Cl2N2. The lowest BCUT2D eigenvalue weighted by molar-refractivity contribution is 0.848. The van der Waals surface area contributed by atoms with Crippen LogP contribution in [0.4, 0.5) is 0 Å². The van der Waals surface area contributed by atoms with Crippen molar-refractivity contribution >= 4 is 23.2 Å². The predicted molar refractivity (Wildman–Crippen MR) is 88.4 cm³/mol. The summed E-state index contributed by atoms with van der Waals surface area (Å²) in [5.41, 5.74) is 4.15. The topological polar surface area (TPSA) is 17.8 Å². The standard InChI is InChI=1S/C17H14Cl2N2/c18-11-10-15-12-17(13-4-2-1-3-5-13)21(20-15)16-8-6-14(19)7-9-16/h1-9,12H,10-11H2. The van der Waals surface area contributed by atoms with Gasteiger partial charge in [-0.2, -0.15) is 5.10 Å². The summed E-state index contributed by atoms with van der Waals surface area (Å²) in [6.07, 6.45) is 0.752. The fourth-order valence-corrected chi connectivity index (χ4v) is 2.56. The molecule has 2 aromatic carbocycles. The molecule has 0 aliphatic rings. The number of alkyl halides is 1. The summed E-state index contributed by atoms with van der Waals surface area (Å²) in [4.78, 5) is 0. The third-order valence-corrected chi connectivity index (χ3v) is 3.69. The molecule has 0 aliphatic heterocycles. The smallest absolute Gasteiger partial charge is 0.0743 e. The molecule has 0 fully saturated rings. The van der Waals surface area contributed by atoms with E-state index in [0.29, 0.717) is 10.9 Å². The van der Waals surface area contributed by atoms with Crippen LogP contribution in [0.1, 0.15) is 5.69 Å². The number of rotatable bonds is 4. The van der Waals surface area contributed by atoms with Gasteiger partial charge >= 0.3 is 0 Å². The average molecular weight is 317 g/mol. The lowest BCUT2D eigenvalue weighted by atomic mass is 10.1. The third kappa shape index (κ3) is 3.12. The number of aryl methyl sites for hydroxylation is 1. The van der Waals surface area contributed by atoms with Gasteiger partial charge in [-0.1, -0.05) is 41.9 Å². The highest BCUT2D eigenvalue weighted by atomic mass is 35.5. The van der Waals surface area contributed by atoms with Crippen molar-refractivity contribution in [3.63, 3.8) is 0 Å². The van der Waals surface area contributed by atoms with Crippen LogP contribution in [0, 0.1) is 0 Å². The summed E-state index contributed by atoms with van der Waals surface area (Å²) < 4.78 is 1.94. The van der Waals surface area contributed by atoms with Gasteiger partial charge in [0, 0.05) is 22.9 Å². The minimum absolute atomic E-state index is 0.561. The van der Waals surface area contributed by atoms with Gasteiger partial charge in [-0.05, 0) is 30.3 Å². The van der Waals surface area contributed by atoms with Crippen molar-refractivity contribution in [1.82, 2.24) is 9.78 Å². The minimum atomic E-state index is 0.561. The van der Waals surface area contributed by atoms with Crippen LogP contribution in [-0.4, -0.2) is 15.7 Å². The second-order valence-electron chi connectivity index (χ2n) is 4.71. The van der Waals surface area contributed by atoms with Crippen molar-refractivity contribution in [2.24, 2.45) is 0 Å². The van der Waals surface area contributed by atoms with Gasteiger partial charge in [-0.3, -0.25) is 0 Å². The molecule has 0 saturated heterocycles. The number of nitrogens with zero attached hydrogens (tertiary/aromatic N) is 2. The lowest BCUT2D eigenvalue weighted by Gasteiger charge is -2.07. The molecule has 0 radical (unpaired) electrons. The Labute approximate surface area is 133 Å². The Morgan fingerprint density at radius 2 is 1.67 bits per heavy atom. The first kappa shape index (κ1) is 14.2. The maximum atomic E-state index is 5.96. The highest BCUT2D eigenvalue weighted by molar-refractivity contribution is 6.30. The monoisotopic (exact) mass is 316 g/mol. The van der Waals surface area contributed by atoms with Crippen LogP contribution in [0.5, 0.6) is 0 Å². The van der Waals surface area contributed by atoms with Gasteiger partial charge in [0.1, 0.15) is 0 Å². The van der Waals surface area contributed by atoms with Crippen LogP contribution < -0.4 is 0 Å². The van der Waals surface area contributed by atoms with E-state index in [1.165, 1.54) is 0 Å². The molecule has 0 bridgehead atoms. The molecule has 0 saturated carbocycles. The molecule has 3 rings (SSSR count). The van der Waals surface area contributed by atoms with Crippen molar-refractivity contribution < 1.29 is 0 Å². The number of hydrogen-bond donors (Lipinski definition) is 0. The molecule has 0 aliphatic carbocycles. The number of hydrogen-bond acceptors (Lipinski definition) is 1. The predicted octanol–water partition coefficient (Wildman–Crippen LogP) is 4.97. The lowest BCUT2D eigenvalue weighted by Crippen LogP contribution is -1.99. The third-order valence-electron chi connectivity index (χ3n) is 3.25. The summed E-state index contributed by atoms with van der Waals surface area (Å²) in [6, 6.07) is 20.0. The first-order valence-electron chi connectivity index (χ1n) is 6.74. The van der Waals surface area contributed by atoms with Crippen molar-refractivity contribution in [3.05, 3.63) is 71.4 Å². The summed E-state index contributed by atoms with van der Waals surface area (Å²) in [7, 11) is 0. The molecule has 0 amide bonds. The van der Waals surface area contributed by atoms with Crippen molar-refractivity contribution in [1.29, 1.82) is 0 Å². The fraction of sp³-hybridized carbons (Fsp3) is 0.118. The van der Waals surface area contributed by atoms with E-state index in [9.17, 15) is 0 Å². The molecule has 0 spiro atoms. The van der Waals surface area contributed by atoms with Gasteiger partial charge in [0.25, 0.3) is 0 Å². The van der Waals surface area contributed by atoms with E-state index in [2.05, 4.69) is 23.3 Å². The van der Waals surface area contributed by atoms with E-state index < -0.39 is 0 Å². The SMILES string of the molecule is ClCCc1cc(-c2ccccc2)n(-c2ccc(Cl)cc2)n1. The molecular weight excluding hydrogens is 303 g/mol. The summed E-state index contributed by atoms with van der Waals surface area (Å²) in [5, 5.41) is 5.38. The largest absolute Gasteiger partial charge is 0.233 e. The van der Waals surface area contributed by atoms with Gasteiger partial charge in [0.2, 0.25) is 0 Å². The van der Waals surface area contributed by atoms with Crippen molar-refractivity contribution in [2.45, 2.75) is 6.42 Å². The van der Waals surface area contributed by atoms with Gasteiger partial charge in [0.05, 0.1) is 17.1 Å². The Bertz CT molecular complexity index is 718. The highest BCUT2D eigenvalue weighted by Gasteiger charge is 2.11. The molecule has 1 heterocycles. The van der Waals surface area contributed by atoms with Gasteiger partial charge in [-0.15, -0.1) is 11.6 Å². The zero-order valence-electron chi connectivity index (χ0n) is 11.3. The molecule has 106 valence electrons. The van der Waals surface area contributed by atoms with Crippen LogP contribution in [0.15, 0.2) is 60.7 Å². The van der Waals surface area contributed by atoms with Crippen molar-refractivity contribution in [3.8, 4) is 16.9 Å². The Hall–Kier alpha value is -1.77. The van der Waals surface area contributed by atoms with Crippen LogP contribution >= 0.6 is 23.2 Å². The van der Waals surface area contributed by atoms with Crippen LogP contribution in [0.3, 0.4) is 0 Å². The maximum absolute atomic E-state index is 5.96. The van der Waals surface area contributed by atoms with E-state index in [1.54, 1.807) is 0 Å². The number of halogens is 2. The van der Waals surface area contributed by atoms with Gasteiger partial charge in [0.15, 0.2) is 0 Å². The van der Waals surface area contributed by atoms with E-state index in [1.807, 2.05) is 47.1 Å². The summed E-state index contributed by atoms with van der Waals surface area (Å²) in [6.45, 7) is 0. The Balaban J connectivity index is 2.11. The van der Waals surface area contributed by atoms with Crippen molar-refractivity contribution in [2.75, 3.05) is 5.88 Å². The first-order valence-corrected chi connectivity index (χ1v) is 7.65. The van der Waals surface area contributed by atoms with E-state index in [0.717, 1.165) is 29.1 Å². The molecule has 0 unspecified atom stereocenters. The normalized spacial score (nSPS) is 10.8. The second-order valence-corrected chi connectivity index (χ2v) is 5.53.